The number of pyridine rings is 1. The lowest BCUT2D eigenvalue weighted by atomic mass is 10.2. The number of nitrogens with one attached hydrogen (secondary N) is 1. The van der Waals surface area contributed by atoms with Gasteiger partial charge in [0.1, 0.15) is 11.3 Å². The first-order valence-electron chi connectivity index (χ1n) is 6.89. The second-order valence-corrected chi connectivity index (χ2v) is 6.21. The summed E-state index contributed by atoms with van der Waals surface area (Å²) in [7, 11) is 0. The number of carbonyl (C=O) groups excluding carboxylic acids is 1. The Hall–Kier alpha value is -2.08. The largest absolute Gasteiger partial charge is 0.294 e. The molecule has 1 N–H and O–H groups in total. The van der Waals surface area contributed by atoms with Gasteiger partial charge in [0, 0.05) is 11.8 Å². The molecule has 2 heterocycles. The maximum absolute atomic E-state index is 12.4. The van der Waals surface area contributed by atoms with Crippen molar-refractivity contribution in [1.29, 1.82) is 0 Å². The van der Waals surface area contributed by atoms with Gasteiger partial charge in [-0.05, 0) is 31.2 Å². The molecule has 0 fully saturated rings. The molecule has 2 aromatic heterocycles. The van der Waals surface area contributed by atoms with Crippen molar-refractivity contribution in [3.63, 3.8) is 0 Å². The van der Waals surface area contributed by atoms with Crippen molar-refractivity contribution >= 4 is 52.6 Å². The third kappa shape index (κ3) is 3.24. The summed E-state index contributed by atoms with van der Waals surface area (Å²) >= 11 is 18.1. The quantitative estimate of drug-likeness (QED) is 0.541. The van der Waals surface area contributed by atoms with E-state index in [1.165, 1.54) is 6.21 Å². The van der Waals surface area contributed by atoms with E-state index < -0.39 is 5.91 Å². The van der Waals surface area contributed by atoms with Gasteiger partial charge in [0.25, 0.3) is 5.91 Å². The molecule has 5 nitrogen and oxygen atoms in total. The van der Waals surface area contributed by atoms with Crippen LogP contribution in [0.5, 0.6) is 0 Å². The van der Waals surface area contributed by atoms with E-state index in [2.05, 4.69) is 15.5 Å². The van der Waals surface area contributed by atoms with Gasteiger partial charge in [-0.1, -0.05) is 40.9 Å². The van der Waals surface area contributed by atoms with Crippen molar-refractivity contribution in [3.05, 3.63) is 68.5 Å². The van der Waals surface area contributed by atoms with Crippen LogP contribution in [0.4, 0.5) is 0 Å². The van der Waals surface area contributed by atoms with E-state index in [1.54, 1.807) is 47.9 Å². The second-order valence-electron chi connectivity index (χ2n) is 4.96. The Kier molecular flexibility index (Phi) is 4.76. The molecule has 24 heavy (non-hydrogen) atoms. The number of imidazole rings is 1. The minimum Gasteiger partial charge on any atom is -0.294 e. The number of hydrogen-bond donors (Lipinski definition) is 1. The van der Waals surface area contributed by atoms with Crippen molar-refractivity contribution in [2.24, 2.45) is 5.10 Å². The minimum absolute atomic E-state index is 0.356. The van der Waals surface area contributed by atoms with Gasteiger partial charge in [-0.3, -0.25) is 9.20 Å². The van der Waals surface area contributed by atoms with Crippen LogP contribution in [0.2, 0.25) is 15.1 Å². The summed E-state index contributed by atoms with van der Waals surface area (Å²) < 4.78 is 1.62. The van der Waals surface area contributed by atoms with E-state index in [0.717, 1.165) is 0 Å². The van der Waals surface area contributed by atoms with Crippen LogP contribution in [0.15, 0.2) is 41.6 Å². The SMILES string of the molecule is Cc1nc2ccc(Cl)cn2c1C(=O)N/N=C\c1c(Cl)cccc1Cl. The number of hydrogen-bond acceptors (Lipinski definition) is 3. The highest BCUT2D eigenvalue weighted by molar-refractivity contribution is 6.38. The van der Waals surface area contributed by atoms with Crippen molar-refractivity contribution in [3.8, 4) is 0 Å². The second kappa shape index (κ2) is 6.81. The molecule has 3 aromatic rings. The maximum Gasteiger partial charge on any atom is 0.290 e. The topological polar surface area (TPSA) is 58.8 Å². The number of benzene rings is 1. The van der Waals surface area contributed by atoms with Gasteiger partial charge in [0.15, 0.2) is 0 Å². The van der Waals surface area contributed by atoms with Crippen LogP contribution >= 0.6 is 34.8 Å². The van der Waals surface area contributed by atoms with E-state index in [1.807, 2.05) is 0 Å². The number of hydrazone groups is 1. The van der Waals surface area contributed by atoms with Crippen LogP contribution in [0.1, 0.15) is 21.7 Å². The highest BCUT2D eigenvalue weighted by Gasteiger charge is 2.16. The fraction of sp³-hybridized carbons (Fsp3) is 0.0625. The Morgan fingerprint density at radius 2 is 1.92 bits per heavy atom. The van der Waals surface area contributed by atoms with Crippen molar-refractivity contribution in [1.82, 2.24) is 14.8 Å². The molecular formula is C16H11Cl3N4O. The summed E-state index contributed by atoms with van der Waals surface area (Å²) in [5, 5.41) is 5.31. The Balaban J connectivity index is 1.87. The number of aromatic nitrogens is 2. The molecule has 1 aromatic carbocycles. The molecule has 0 bridgehead atoms. The van der Waals surface area contributed by atoms with Gasteiger partial charge in [-0.2, -0.15) is 5.10 Å². The Morgan fingerprint density at radius 1 is 1.21 bits per heavy atom. The predicted octanol–water partition coefficient (Wildman–Crippen LogP) is 4.37. The Morgan fingerprint density at radius 3 is 2.62 bits per heavy atom. The average molecular weight is 382 g/mol. The van der Waals surface area contributed by atoms with Crippen molar-refractivity contribution in [2.75, 3.05) is 0 Å². The van der Waals surface area contributed by atoms with E-state index in [4.69, 9.17) is 34.8 Å². The fourth-order valence-electron chi connectivity index (χ4n) is 2.25. The Bertz CT molecular complexity index is 945. The van der Waals surface area contributed by atoms with Gasteiger partial charge in [0.05, 0.1) is 27.0 Å². The molecule has 0 spiro atoms. The lowest BCUT2D eigenvalue weighted by molar-refractivity contribution is 0.0948. The highest BCUT2D eigenvalue weighted by atomic mass is 35.5. The van der Waals surface area contributed by atoms with Gasteiger partial charge in [-0.25, -0.2) is 10.4 Å². The smallest absolute Gasteiger partial charge is 0.290 e. The minimum atomic E-state index is -0.415. The molecule has 122 valence electrons. The van der Waals surface area contributed by atoms with Crippen molar-refractivity contribution < 1.29 is 4.79 Å². The number of rotatable bonds is 3. The molecule has 0 atom stereocenters. The van der Waals surface area contributed by atoms with Crippen LogP contribution in [0.3, 0.4) is 0 Å². The standard InChI is InChI=1S/C16H11Cl3N4O/c1-9-15(23-8-10(17)5-6-14(23)21-9)16(24)22-20-7-11-12(18)3-2-4-13(11)19/h2-8H,1H3,(H,22,24)/b20-7-. The van der Waals surface area contributed by atoms with E-state index in [0.29, 0.717) is 37.7 Å². The number of amides is 1. The van der Waals surface area contributed by atoms with Gasteiger partial charge < -0.3 is 0 Å². The van der Waals surface area contributed by atoms with Gasteiger partial charge in [-0.15, -0.1) is 0 Å². The van der Waals surface area contributed by atoms with Crippen LogP contribution in [0, 0.1) is 6.92 Å². The molecular weight excluding hydrogens is 371 g/mol. The fourth-order valence-corrected chi connectivity index (χ4v) is 2.91. The third-order valence-electron chi connectivity index (χ3n) is 3.33. The first-order valence-corrected chi connectivity index (χ1v) is 8.02. The zero-order chi connectivity index (χ0) is 17.3. The predicted molar refractivity (Wildman–Crippen MR) is 96.5 cm³/mol. The zero-order valence-electron chi connectivity index (χ0n) is 12.4. The number of halogens is 3. The molecule has 0 aliphatic rings. The summed E-state index contributed by atoms with van der Waals surface area (Å²) in [5.74, 6) is -0.415. The van der Waals surface area contributed by atoms with Gasteiger partial charge >= 0.3 is 0 Å². The van der Waals surface area contributed by atoms with Crippen molar-refractivity contribution in [2.45, 2.75) is 6.92 Å². The van der Waals surface area contributed by atoms with E-state index >= 15 is 0 Å². The summed E-state index contributed by atoms with van der Waals surface area (Å²) in [5.41, 5.74) is 4.53. The van der Waals surface area contributed by atoms with Gasteiger partial charge in [0.2, 0.25) is 0 Å². The summed E-state index contributed by atoms with van der Waals surface area (Å²) in [6.07, 6.45) is 3.02. The summed E-state index contributed by atoms with van der Waals surface area (Å²) in [4.78, 5) is 16.7. The summed E-state index contributed by atoms with van der Waals surface area (Å²) in [6.45, 7) is 1.74. The highest BCUT2D eigenvalue weighted by Crippen LogP contribution is 2.22. The maximum atomic E-state index is 12.4. The number of nitrogens with zero attached hydrogens (tertiary/aromatic N) is 3. The first-order chi connectivity index (χ1) is 11.5. The lowest BCUT2D eigenvalue weighted by Gasteiger charge is -2.03. The molecule has 3 rings (SSSR count). The van der Waals surface area contributed by atoms with E-state index in [-0.39, 0.29) is 0 Å². The Labute approximate surface area is 152 Å². The molecule has 8 heteroatoms. The molecule has 0 saturated heterocycles. The molecule has 0 saturated carbocycles. The monoisotopic (exact) mass is 380 g/mol. The van der Waals surface area contributed by atoms with Crippen LogP contribution in [-0.4, -0.2) is 21.5 Å². The first kappa shape index (κ1) is 16.8. The molecule has 0 unspecified atom stereocenters. The molecule has 0 aliphatic heterocycles. The number of carbonyl (C=O) groups is 1. The normalized spacial score (nSPS) is 11.3. The molecule has 1 amide bonds. The molecule has 0 aliphatic carbocycles. The lowest BCUT2D eigenvalue weighted by Crippen LogP contribution is -2.20. The third-order valence-corrected chi connectivity index (χ3v) is 4.21. The zero-order valence-corrected chi connectivity index (χ0v) is 14.7. The summed E-state index contributed by atoms with van der Waals surface area (Å²) in [6, 6.07) is 8.55. The van der Waals surface area contributed by atoms with Crippen LogP contribution < -0.4 is 5.43 Å². The number of fused-ring (bicyclic) bond motifs is 1. The van der Waals surface area contributed by atoms with Crippen LogP contribution in [0.25, 0.3) is 5.65 Å². The van der Waals surface area contributed by atoms with Crippen LogP contribution in [-0.2, 0) is 0 Å². The average Bonchev–Trinajstić information content (AvgIpc) is 2.85. The van der Waals surface area contributed by atoms with E-state index in [9.17, 15) is 4.79 Å². The molecule has 0 radical (unpaired) electrons. The number of aryl methyl sites for hydroxylation is 1.